The fourth-order valence-corrected chi connectivity index (χ4v) is 1.57. The predicted octanol–water partition coefficient (Wildman–Crippen LogP) is 1.41. The summed E-state index contributed by atoms with van der Waals surface area (Å²) in [5.74, 6) is -0.301. The van der Waals surface area contributed by atoms with Crippen LogP contribution >= 0.6 is 0 Å². The van der Waals surface area contributed by atoms with Crippen molar-refractivity contribution in [3.63, 3.8) is 0 Å². The summed E-state index contributed by atoms with van der Waals surface area (Å²) in [6.07, 6.45) is 1.27. The zero-order valence-corrected chi connectivity index (χ0v) is 10.4. The van der Waals surface area contributed by atoms with Crippen molar-refractivity contribution >= 4 is 5.97 Å². The van der Waals surface area contributed by atoms with Gasteiger partial charge in [-0.15, -0.1) is 0 Å². The summed E-state index contributed by atoms with van der Waals surface area (Å²) in [6.45, 7) is 8.77. The molecule has 0 aliphatic carbocycles. The van der Waals surface area contributed by atoms with Crippen LogP contribution in [0.4, 0.5) is 0 Å². The van der Waals surface area contributed by atoms with Gasteiger partial charge < -0.3 is 19.7 Å². The van der Waals surface area contributed by atoms with Crippen LogP contribution < -0.4 is 5.32 Å². The second kappa shape index (κ2) is 7.09. The predicted molar refractivity (Wildman–Crippen MR) is 65.2 cm³/mol. The van der Waals surface area contributed by atoms with E-state index in [1.807, 2.05) is 0 Å². The van der Waals surface area contributed by atoms with Gasteiger partial charge in [0.25, 0.3) is 0 Å². The van der Waals surface area contributed by atoms with Crippen LogP contribution in [-0.4, -0.2) is 42.2 Å². The summed E-state index contributed by atoms with van der Waals surface area (Å²) in [7, 11) is 0. The van der Waals surface area contributed by atoms with E-state index in [2.05, 4.69) is 24.1 Å². The molecule has 1 aromatic heterocycles. The fourth-order valence-electron chi connectivity index (χ4n) is 1.57. The second-order valence-corrected chi connectivity index (χ2v) is 3.81. The van der Waals surface area contributed by atoms with Crippen molar-refractivity contribution in [2.24, 2.45) is 0 Å². The Morgan fingerprint density at radius 1 is 1.47 bits per heavy atom. The quantitative estimate of drug-likeness (QED) is 0.672. The average Bonchev–Trinajstić information content (AvgIpc) is 2.78. The highest BCUT2D eigenvalue weighted by Gasteiger charge is 2.07. The van der Waals surface area contributed by atoms with Gasteiger partial charge in [0.1, 0.15) is 12.0 Å². The van der Waals surface area contributed by atoms with Crippen LogP contribution in [0.2, 0.25) is 0 Å². The minimum atomic E-state index is -0.955. The Bertz CT molecular complexity index is 345. The van der Waals surface area contributed by atoms with Gasteiger partial charge >= 0.3 is 5.97 Å². The first-order chi connectivity index (χ1) is 8.17. The Hall–Kier alpha value is -1.33. The van der Waals surface area contributed by atoms with Gasteiger partial charge in [0, 0.05) is 13.1 Å². The number of carbonyl (C=O) groups is 1. The fraction of sp³-hybridized carbons (Fsp3) is 0.583. The molecule has 0 aromatic carbocycles. The summed E-state index contributed by atoms with van der Waals surface area (Å²) >= 11 is 0. The molecule has 0 amide bonds. The topological polar surface area (TPSA) is 65.7 Å². The lowest BCUT2D eigenvalue weighted by atomic mass is 10.3. The van der Waals surface area contributed by atoms with Crippen LogP contribution in [0, 0.1) is 0 Å². The maximum absolute atomic E-state index is 10.6. The summed E-state index contributed by atoms with van der Waals surface area (Å²) in [5.41, 5.74) is 0.200. The third-order valence-corrected chi connectivity index (χ3v) is 2.70. The SMILES string of the molecule is CCN(CC)CCNCc1cc(C(=O)O)co1. The van der Waals surface area contributed by atoms with E-state index in [-0.39, 0.29) is 5.56 Å². The van der Waals surface area contributed by atoms with Crippen molar-refractivity contribution in [1.82, 2.24) is 10.2 Å². The minimum Gasteiger partial charge on any atom is -0.478 e. The van der Waals surface area contributed by atoms with Crippen LogP contribution in [0.1, 0.15) is 30.0 Å². The van der Waals surface area contributed by atoms with E-state index in [0.29, 0.717) is 12.3 Å². The zero-order chi connectivity index (χ0) is 12.7. The van der Waals surface area contributed by atoms with Crippen molar-refractivity contribution in [1.29, 1.82) is 0 Å². The molecule has 0 radical (unpaired) electrons. The molecule has 0 aliphatic heterocycles. The molecule has 1 rings (SSSR count). The highest BCUT2D eigenvalue weighted by molar-refractivity contribution is 5.87. The van der Waals surface area contributed by atoms with Crippen LogP contribution in [-0.2, 0) is 6.54 Å². The lowest BCUT2D eigenvalue weighted by molar-refractivity contribution is 0.0696. The first kappa shape index (κ1) is 13.7. The smallest absolute Gasteiger partial charge is 0.338 e. The molecular formula is C12H20N2O3. The van der Waals surface area contributed by atoms with Gasteiger partial charge in [0.05, 0.1) is 12.1 Å². The van der Waals surface area contributed by atoms with Crippen LogP contribution in [0.5, 0.6) is 0 Å². The molecule has 0 spiro atoms. The van der Waals surface area contributed by atoms with E-state index in [9.17, 15) is 4.79 Å². The van der Waals surface area contributed by atoms with Crippen molar-refractivity contribution in [2.75, 3.05) is 26.2 Å². The number of hydrogen-bond donors (Lipinski definition) is 2. The highest BCUT2D eigenvalue weighted by Crippen LogP contribution is 2.07. The maximum Gasteiger partial charge on any atom is 0.338 e. The Kier molecular flexibility index (Phi) is 5.72. The molecule has 0 bridgehead atoms. The summed E-state index contributed by atoms with van der Waals surface area (Å²) in [6, 6.07) is 1.55. The van der Waals surface area contributed by atoms with Crippen LogP contribution in [0.3, 0.4) is 0 Å². The van der Waals surface area contributed by atoms with Crippen molar-refractivity contribution in [2.45, 2.75) is 20.4 Å². The summed E-state index contributed by atoms with van der Waals surface area (Å²) < 4.78 is 5.13. The van der Waals surface area contributed by atoms with Gasteiger partial charge in [-0.05, 0) is 19.2 Å². The maximum atomic E-state index is 10.6. The number of carboxylic acid groups (broad SMARTS) is 1. The largest absolute Gasteiger partial charge is 0.478 e. The second-order valence-electron chi connectivity index (χ2n) is 3.81. The Labute approximate surface area is 101 Å². The van der Waals surface area contributed by atoms with E-state index >= 15 is 0 Å². The van der Waals surface area contributed by atoms with Gasteiger partial charge in [-0.3, -0.25) is 0 Å². The normalized spacial score (nSPS) is 11.0. The summed E-state index contributed by atoms with van der Waals surface area (Å²) in [5, 5.41) is 11.9. The third kappa shape index (κ3) is 4.58. The number of rotatable bonds is 8. The van der Waals surface area contributed by atoms with E-state index < -0.39 is 5.97 Å². The Morgan fingerprint density at radius 3 is 2.71 bits per heavy atom. The first-order valence-corrected chi connectivity index (χ1v) is 5.91. The molecule has 1 heterocycles. The van der Waals surface area contributed by atoms with Crippen molar-refractivity contribution < 1.29 is 14.3 Å². The lowest BCUT2D eigenvalue weighted by Crippen LogP contribution is -2.31. The van der Waals surface area contributed by atoms with Crippen molar-refractivity contribution in [3.8, 4) is 0 Å². The molecule has 5 nitrogen and oxygen atoms in total. The molecule has 0 atom stereocenters. The standard InChI is InChI=1S/C12H20N2O3/c1-3-14(4-2)6-5-13-8-11-7-10(9-17-11)12(15)16/h7,9,13H,3-6,8H2,1-2H3,(H,15,16). The highest BCUT2D eigenvalue weighted by atomic mass is 16.4. The van der Waals surface area contributed by atoms with E-state index in [4.69, 9.17) is 9.52 Å². The molecule has 2 N–H and O–H groups in total. The third-order valence-electron chi connectivity index (χ3n) is 2.70. The molecule has 0 aliphatic rings. The van der Waals surface area contributed by atoms with Crippen molar-refractivity contribution in [3.05, 3.63) is 23.7 Å². The van der Waals surface area contributed by atoms with E-state index in [1.165, 1.54) is 6.26 Å². The molecule has 0 fully saturated rings. The number of carboxylic acids is 1. The average molecular weight is 240 g/mol. The van der Waals surface area contributed by atoms with Gasteiger partial charge in [-0.1, -0.05) is 13.8 Å². The Morgan fingerprint density at radius 2 is 2.18 bits per heavy atom. The number of nitrogens with one attached hydrogen (secondary N) is 1. The number of aromatic carboxylic acids is 1. The molecule has 0 saturated heterocycles. The first-order valence-electron chi connectivity index (χ1n) is 5.91. The van der Waals surface area contributed by atoms with Crippen LogP contribution in [0.25, 0.3) is 0 Å². The van der Waals surface area contributed by atoms with Gasteiger partial charge in [-0.2, -0.15) is 0 Å². The lowest BCUT2D eigenvalue weighted by Gasteiger charge is -2.17. The van der Waals surface area contributed by atoms with E-state index in [0.717, 1.165) is 26.2 Å². The van der Waals surface area contributed by atoms with Gasteiger partial charge in [0.2, 0.25) is 0 Å². The monoisotopic (exact) mass is 240 g/mol. The van der Waals surface area contributed by atoms with Gasteiger partial charge in [-0.25, -0.2) is 4.79 Å². The van der Waals surface area contributed by atoms with E-state index in [1.54, 1.807) is 6.07 Å². The number of furan rings is 1. The number of nitrogens with zero attached hydrogens (tertiary/aromatic N) is 1. The van der Waals surface area contributed by atoms with Crippen LogP contribution in [0.15, 0.2) is 16.7 Å². The molecule has 1 aromatic rings. The minimum absolute atomic E-state index is 0.200. The number of hydrogen-bond acceptors (Lipinski definition) is 4. The molecule has 17 heavy (non-hydrogen) atoms. The molecule has 5 heteroatoms. The molecule has 96 valence electrons. The summed E-state index contributed by atoms with van der Waals surface area (Å²) in [4.78, 5) is 12.9. The molecule has 0 unspecified atom stereocenters. The Balaban J connectivity index is 2.24. The zero-order valence-electron chi connectivity index (χ0n) is 10.4. The number of likely N-dealkylation sites (N-methyl/N-ethyl adjacent to an activating group) is 1. The van der Waals surface area contributed by atoms with Gasteiger partial charge in [0.15, 0.2) is 0 Å². The molecular weight excluding hydrogens is 220 g/mol. The molecule has 0 saturated carbocycles.